The SMILES string of the molecule is N#Cc1cc(C(=O)O)ccc1-c1ccc(N(c2ccccc2)c2ccccc2)cc1. The molecule has 0 heterocycles. The van der Waals surface area contributed by atoms with Crippen molar-refractivity contribution in [2.45, 2.75) is 0 Å². The van der Waals surface area contributed by atoms with Gasteiger partial charge in [0.2, 0.25) is 0 Å². The molecule has 0 aliphatic heterocycles. The molecule has 0 saturated carbocycles. The highest BCUT2D eigenvalue weighted by Crippen LogP contribution is 2.35. The molecule has 0 aromatic heterocycles. The molecule has 1 N–H and O–H groups in total. The molecule has 0 aliphatic carbocycles. The molecule has 4 heteroatoms. The third-order valence-corrected chi connectivity index (χ3v) is 4.85. The number of para-hydroxylation sites is 2. The first kappa shape index (κ1) is 19.0. The van der Waals surface area contributed by atoms with Crippen LogP contribution < -0.4 is 4.90 Å². The number of hydrogen-bond acceptors (Lipinski definition) is 3. The Kier molecular flexibility index (Phi) is 5.27. The van der Waals surface area contributed by atoms with Crippen LogP contribution in [0, 0.1) is 11.3 Å². The predicted molar refractivity (Wildman–Crippen MR) is 118 cm³/mol. The van der Waals surface area contributed by atoms with Gasteiger partial charge < -0.3 is 10.0 Å². The number of anilines is 3. The molecule has 4 aromatic carbocycles. The van der Waals surface area contributed by atoms with Gasteiger partial charge in [-0.15, -0.1) is 0 Å². The second kappa shape index (κ2) is 8.34. The van der Waals surface area contributed by atoms with Crippen molar-refractivity contribution in [3.8, 4) is 17.2 Å². The number of rotatable bonds is 5. The Morgan fingerprint density at radius 2 is 1.27 bits per heavy atom. The predicted octanol–water partition coefficient (Wildman–Crippen LogP) is 6.39. The minimum Gasteiger partial charge on any atom is -0.478 e. The Morgan fingerprint density at radius 1 is 0.733 bits per heavy atom. The molecule has 0 aliphatic rings. The molecule has 4 nitrogen and oxygen atoms in total. The van der Waals surface area contributed by atoms with E-state index in [1.807, 2.05) is 60.7 Å². The first-order valence-corrected chi connectivity index (χ1v) is 9.45. The van der Waals surface area contributed by atoms with Gasteiger partial charge in [-0.3, -0.25) is 0 Å². The molecule has 0 fully saturated rings. The number of carboxylic acid groups (broad SMARTS) is 1. The Morgan fingerprint density at radius 3 is 1.77 bits per heavy atom. The molecule has 0 unspecified atom stereocenters. The highest BCUT2D eigenvalue weighted by atomic mass is 16.4. The number of hydrogen-bond donors (Lipinski definition) is 1. The van der Waals surface area contributed by atoms with Gasteiger partial charge in [0.1, 0.15) is 0 Å². The summed E-state index contributed by atoms with van der Waals surface area (Å²) < 4.78 is 0. The van der Waals surface area contributed by atoms with Crippen LogP contribution in [-0.2, 0) is 0 Å². The first-order valence-electron chi connectivity index (χ1n) is 9.45. The van der Waals surface area contributed by atoms with Crippen molar-refractivity contribution in [2.24, 2.45) is 0 Å². The maximum atomic E-state index is 11.2. The van der Waals surface area contributed by atoms with Crippen molar-refractivity contribution < 1.29 is 9.90 Å². The lowest BCUT2D eigenvalue weighted by molar-refractivity contribution is 0.0697. The summed E-state index contributed by atoms with van der Waals surface area (Å²) in [6.07, 6.45) is 0. The van der Waals surface area contributed by atoms with E-state index in [4.69, 9.17) is 5.11 Å². The van der Waals surface area contributed by atoms with E-state index in [1.54, 1.807) is 6.07 Å². The van der Waals surface area contributed by atoms with Crippen molar-refractivity contribution in [3.63, 3.8) is 0 Å². The maximum absolute atomic E-state index is 11.2. The van der Waals surface area contributed by atoms with Crippen LogP contribution in [0.3, 0.4) is 0 Å². The summed E-state index contributed by atoms with van der Waals surface area (Å²) in [5.74, 6) is -1.05. The van der Waals surface area contributed by atoms with Gasteiger partial charge in [0.15, 0.2) is 0 Å². The topological polar surface area (TPSA) is 64.3 Å². The molecule has 144 valence electrons. The molecule has 0 spiro atoms. The first-order chi connectivity index (χ1) is 14.7. The van der Waals surface area contributed by atoms with E-state index >= 15 is 0 Å². The Balaban J connectivity index is 1.75. The highest BCUT2D eigenvalue weighted by Gasteiger charge is 2.13. The van der Waals surface area contributed by atoms with Crippen LogP contribution in [0.5, 0.6) is 0 Å². The van der Waals surface area contributed by atoms with Crippen LogP contribution >= 0.6 is 0 Å². The Hall–Kier alpha value is -4.36. The fraction of sp³-hybridized carbons (Fsp3) is 0. The monoisotopic (exact) mass is 390 g/mol. The molecule has 0 saturated heterocycles. The molecule has 0 bridgehead atoms. The number of carboxylic acids is 1. The van der Waals surface area contributed by atoms with Crippen molar-refractivity contribution in [2.75, 3.05) is 4.90 Å². The molecule has 30 heavy (non-hydrogen) atoms. The van der Waals surface area contributed by atoms with Crippen LogP contribution in [0.15, 0.2) is 103 Å². The average Bonchev–Trinajstić information content (AvgIpc) is 2.81. The zero-order valence-electron chi connectivity index (χ0n) is 16.1. The molecular formula is C26H18N2O2. The zero-order valence-corrected chi connectivity index (χ0v) is 16.1. The van der Waals surface area contributed by atoms with E-state index in [0.29, 0.717) is 11.1 Å². The Labute approximate surface area is 174 Å². The van der Waals surface area contributed by atoms with Crippen molar-refractivity contribution in [3.05, 3.63) is 114 Å². The van der Waals surface area contributed by atoms with Crippen LogP contribution in [0.25, 0.3) is 11.1 Å². The summed E-state index contributed by atoms with van der Waals surface area (Å²) in [5, 5.41) is 18.6. The summed E-state index contributed by atoms with van der Waals surface area (Å²) >= 11 is 0. The van der Waals surface area contributed by atoms with E-state index < -0.39 is 5.97 Å². The van der Waals surface area contributed by atoms with Gasteiger partial charge in [0.25, 0.3) is 0 Å². The smallest absolute Gasteiger partial charge is 0.335 e. The zero-order chi connectivity index (χ0) is 20.9. The maximum Gasteiger partial charge on any atom is 0.335 e. The summed E-state index contributed by atoms with van der Waals surface area (Å²) in [6.45, 7) is 0. The molecule has 4 rings (SSSR count). The van der Waals surface area contributed by atoms with E-state index in [2.05, 4.69) is 35.2 Å². The van der Waals surface area contributed by atoms with Gasteiger partial charge in [-0.2, -0.15) is 5.26 Å². The third kappa shape index (κ3) is 3.78. The molecule has 0 amide bonds. The van der Waals surface area contributed by atoms with Gasteiger partial charge in [0, 0.05) is 17.1 Å². The quantitative estimate of drug-likeness (QED) is 0.429. The van der Waals surface area contributed by atoms with Gasteiger partial charge in [-0.05, 0) is 59.7 Å². The molecular weight excluding hydrogens is 372 g/mol. The number of nitriles is 1. The van der Waals surface area contributed by atoms with Gasteiger partial charge in [-0.25, -0.2) is 4.79 Å². The van der Waals surface area contributed by atoms with Crippen molar-refractivity contribution in [1.82, 2.24) is 0 Å². The normalized spacial score (nSPS) is 10.2. The lowest BCUT2D eigenvalue weighted by Gasteiger charge is -2.25. The minimum absolute atomic E-state index is 0.103. The van der Waals surface area contributed by atoms with Crippen LogP contribution in [0.1, 0.15) is 15.9 Å². The van der Waals surface area contributed by atoms with E-state index in [1.165, 1.54) is 12.1 Å². The van der Waals surface area contributed by atoms with Gasteiger partial charge in [-0.1, -0.05) is 54.6 Å². The van der Waals surface area contributed by atoms with Crippen molar-refractivity contribution in [1.29, 1.82) is 5.26 Å². The summed E-state index contributed by atoms with van der Waals surface area (Å²) in [7, 11) is 0. The number of aromatic carboxylic acids is 1. The summed E-state index contributed by atoms with van der Waals surface area (Å²) in [4.78, 5) is 13.3. The largest absolute Gasteiger partial charge is 0.478 e. The highest BCUT2D eigenvalue weighted by molar-refractivity contribution is 5.89. The summed E-state index contributed by atoms with van der Waals surface area (Å²) in [5.41, 5.74) is 5.07. The second-order valence-corrected chi connectivity index (χ2v) is 6.73. The number of benzene rings is 4. The average molecular weight is 390 g/mol. The summed E-state index contributed by atoms with van der Waals surface area (Å²) in [6, 6.07) is 34.8. The fourth-order valence-corrected chi connectivity index (χ4v) is 3.41. The molecule has 0 radical (unpaired) electrons. The number of carbonyl (C=O) groups is 1. The van der Waals surface area contributed by atoms with E-state index in [9.17, 15) is 10.1 Å². The third-order valence-electron chi connectivity index (χ3n) is 4.85. The number of nitrogens with zero attached hydrogens (tertiary/aromatic N) is 2. The van der Waals surface area contributed by atoms with Gasteiger partial charge in [0.05, 0.1) is 17.2 Å². The minimum atomic E-state index is -1.05. The van der Waals surface area contributed by atoms with Crippen LogP contribution in [0.4, 0.5) is 17.1 Å². The second-order valence-electron chi connectivity index (χ2n) is 6.73. The van der Waals surface area contributed by atoms with Crippen LogP contribution in [-0.4, -0.2) is 11.1 Å². The lowest BCUT2D eigenvalue weighted by Crippen LogP contribution is -2.09. The fourth-order valence-electron chi connectivity index (χ4n) is 3.41. The van der Waals surface area contributed by atoms with E-state index in [-0.39, 0.29) is 5.56 Å². The molecule has 4 aromatic rings. The van der Waals surface area contributed by atoms with Crippen molar-refractivity contribution >= 4 is 23.0 Å². The molecule has 0 atom stereocenters. The Bertz CT molecular complexity index is 1170. The standard InChI is InChI=1S/C26H18N2O2/c27-18-21-17-20(26(29)30)13-16-25(21)19-11-14-24(15-12-19)28(22-7-3-1-4-8-22)23-9-5-2-6-10-23/h1-17H,(H,29,30). The van der Waals surface area contributed by atoms with E-state index in [0.717, 1.165) is 22.6 Å². The van der Waals surface area contributed by atoms with Gasteiger partial charge >= 0.3 is 5.97 Å². The van der Waals surface area contributed by atoms with Crippen LogP contribution in [0.2, 0.25) is 0 Å². The lowest BCUT2D eigenvalue weighted by atomic mass is 9.98.